The van der Waals surface area contributed by atoms with Gasteiger partial charge in [-0.3, -0.25) is 4.79 Å². The van der Waals surface area contributed by atoms with Crippen molar-refractivity contribution in [2.24, 2.45) is 0 Å². The van der Waals surface area contributed by atoms with Crippen LogP contribution in [-0.4, -0.2) is 25.8 Å². The van der Waals surface area contributed by atoms with Gasteiger partial charge in [-0.25, -0.2) is 0 Å². The van der Waals surface area contributed by atoms with Gasteiger partial charge in [-0.05, 0) is 13.3 Å². The Morgan fingerprint density at radius 1 is 1.12 bits per heavy atom. The molecule has 0 saturated heterocycles. The van der Waals surface area contributed by atoms with Crippen molar-refractivity contribution in [3.63, 3.8) is 0 Å². The minimum atomic E-state index is -0.199. The average molecular weight is 230 g/mol. The summed E-state index contributed by atoms with van der Waals surface area (Å²) in [5.74, 6) is -0.199. The topological polar surface area (TPSA) is 35.5 Å². The lowest BCUT2D eigenvalue weighted by molar-refractivity contribution is -0.143. The first-order chi connectivity index (χ1) is 7.70. The van der Waals surface area contributed by atoms with Gasteiger partial charge in [-0.2, -0.15) is 0 Å². The van der Waals surface area contributed by atoms with Crippen molar-refractivity contribution in [2.45, 2.75) is 64.9 Å². The third-order valence-electron chi connectivity index (χ3n) is 2.58. The number of ether oxygens (including phenoxy) is 2. The zero-order valence-corrected chi connectivity index (χ0v) is 11.0. The molecule has 0 radical (unpaired) electrons. The summed E-state index contributed by atoms with van der Waals surface area (Å²) in [6.45, 7) is 4.88. The van der Waals surface area contributed by atoms with Crippen LogP contribution < -0.4 is 0 Å². The van der Waals surface area contributed by atoms with E-state index in [-0.39, 0.29) is 12.1 Å². The molecule has 0 aliphatic rings. The van der Waals surface area contributed by atoms with Crippen molar-refractivity contribution in [2.75, 3.05) is 13.7 Å². The van der Waals surface area contributed by atoms with Crippen LogP contribution in [-0.2, 0) is 14.3 Å². The quantitative estimate of drug-likeness (QED) is 0.426. The van der Waals surface area contributed by atoms with E-state index in [1.807, 2.05) is 6.92 Å². The average Bonchev–Trinajstić information content (AvgIpc) is 2.27. The van der Waals surface area contributed by atoms with Crippen LogP contribution in [0.2, 0.25) is 0 Å². The summed E-state index contributed by atoms with van der Waals surface area (Å²) in [5.41, 5.74) is 0. The van der Waals surface area contributed by atoms with Crippen molar-refractivity contribution in [3.8, 4) is 0 Å². The monoisotopic (exact) mass is 230 g/mol. The highest BCUT2D eigenvalue weighted by atomic mass is 16.5. The molecule has 3 nitrogen and oxygen atoms in total. The summed E-state index contributed by atoms with van der Waals surface area (Å²) >= 11 is 0. The molecular weight excluding hydrogens is 204 g/mol. The molecule has 0 aromatic carbocycles. The van der Waals surface area contributed by atoms with Crippen LogP contribution >= 0.6 is 0 Å². The van der Waals surface area contributed by atoms with Gasteiger partial charge in [0.2, 0.25) is 0 Å². The SMILES string of the molecule is CCCCCCCCOC(C)CC(=O)OC. The van der Waals surface area contributed by atoms with E-state index in [0.717, 1.165) is 13.0 Å². The van der Waals surface area contributed by atoms with E-state index in [2.05, 4.69) is 11.7 Å². The van der Waals surface area contributed by atoms with Crippen molar-refractivity contribution < 1.29 is 14.3 Å². The van der Waals surface area contributed by atoms with E-state index < -0.39 is 0 Å². The van der Waals surface area contributed by atoms with E-state index in [0.29, 0.717) is 6.42 Å². The molecule has 0 aliphatic heterocycles. The normalized spacial score (nSPS) is 12.4. The molecule has 16 heavy (non-hydrogen) atoms. The second-order valence-corrected chi connectivity index (χ2v) is 4.23. The number of rotatable bonds is 10. The molecule has 0 bridgehead atoms. The summed E-state index contributed by atoms with van der Waals surface area (Å²) in [7, 11) is 1.41. The summed E-state index contributed by atoms with van der Waals surface area (Å²) in [4.78, 5) is 10.9. The van der Waals surface area contributed by atoms with Gasteiger partial charge >= 0.3 is 5.97 Å². The van der Waals surface area contributed by atoms with Gasteiger partial charge in [-0.1, -0.05) is 39.0 Å². The molecule has 0 aliphatic carbocycles. The van der Waals surface area contributed by atoms with E-state index >= 15 is 0 Å². The van der Waals surface area contributed by atoms with Crippen LogP contribution in [0.5, 0.6) is 0 Å². The standard InChI is InChI=1S/C13H26O3/c1-4-5-6-7-8-9-10-16-12(2)11-13(14)15-3/h12H,4-11H2,1-3H3. The van der Waals surface area contributed by atoms with E-state index in [9.17, 15) is 4.79 Å². The van der Waals surface area contributed by atoms with Gasteiger partial charge in [0.1, 0.15) is 0 Å². The number of hydrogen-bond acceptors (Lipinski definition) is 3. The first kappa shape index (κ1) is 15.4. The van der Waals surface area contributed by atoms with Gasteiger partial charge in [0.05, 0.1) is 19.6 Å². The largest absolute Gasteiger partial charge is 0.469 e. The van der Waals surface area contributed by atoms with Crippen LogP contribution in [0, 0.1) is 0 Å². The number of esters is 1. The maximum atomic E-state index is 10.9. The number of carbonyl (C=O) groups is 1. The van der Waals surface area contributed by atoms with Gasteiger partial charge < -0.3 is 9.47 Å². The molecule has 0 fully saturated rings. The molecule has 0 amide bonds. The summed E-state index contributed by atoms with van der Waals surface area (Å²) in [6.07, 6.45) is 7.89. The van der Waals surface area contributed by atoms with Crippen molar-refractivity contribution in [1.82, 2.24) is 0 Å². The Morgan fingerprint density at radius 3 is 2.38 bits per heavy atom. The van der Waals surface area contributed by atoms with Crippen LogP contribution in [0.4, 0.5) is 0 Å². The zero-order valence-electron chi connectivity index (χ0n) is 11.0. The predicted molar refractivity (Wildman–Crippen MR) is 65.4 cm³/mol. The van der Waals surface area contributed by atoms with Crippen LogP contribution in [0.3, 0.4) is 0 Å². The first-order valence-electron chi connectivity index (χ1n) is 6.39. The van der Waals surface area contributed by atoms with Crippen LogP contribution in [0.25, 0.3) is 0 Å². The Balaban J connectivity index is 3.21. The Labute approximate surface area is 99.5 Å². The summed E-state index contributed by atoms with van der Waals surface area (Å²) in [5, 5.41) is 0. The predicted octanol–water partition coefficient (Wildman–Crippen LogP) is 3.32. The van der Waals surface area contributed by atoms with E-state index in [1.54, 1.807) is 0 Å². The number of hydrogen-bond donors (Lipinski definition) is 0. The highest BCUT2D eigenvalue weighted by Gasteiger charge is 2.08. The van der Waals surface area contributed by atoms with Gasteiger partial charge in [0, 0.05) is 6.61 Å². The summed E-state index contributed by atoms with van der Waals surface area (Å²) in [6, 6.07) is 0. The fourth-order valence-corrected chi connectivity index (χ4v) is 1.54. The maximum absolute atomic E-state index is 10.9. The van der Waals surface area contributed by atoms with Crippen LogP contribution in [0.1, 0.15) is 58.8 Å². The van der Waals surface area contributed by atoms with Crippen molar-refractivity contribution in [3.05, 3.63) is 0 Å². The molecule has 0 saturated carbocycles. The minimum Gasteiger partial charge on any atom is -0.469 e. The molecule has 96 valence electrons. The van der Waals surface area contributed by atoms with E-state index in [1.165, 1.54) is 39.2 Å². The van der Waals surface area contributed by atoms with E-state index in [4.69, 9.17) is 4.74 Å². The lowest BCUT2D eigenvalue weighted by Gasteiger charge is -2.11. The Hall–Kier alpha value is -0.570. The molecule has 1 atom stereocenters. The van der Waals surface area contributed by atoms with Crippen molar-refractivity contribution >= 4 is 5.97 Å². The van der Waals surface area contributed by atoms with Gasteiger partial charge in [-0.15, -0.1) is 0 Å². The molecule has 3 heteroatoms. The summed E-state index contributed by atoms with van der Waals surface area (Å²) < 4.78 is 10.1. The third-order valence-corrected chi connectivity index (χ3v) is 2.58. The first-order valence-corrected chi connectivity index (χ1v) is 6.39. The molecule has 0 heterocycles. The molecule has 0 aromatic rings. The van der Waals surface area contributed by atoms with Gasteiger partial charge in [0.15, 0.2) is 0 Å². The molecule has 1 unspecified atom stereocenters. The lowest BCUT2D eigenvalue weighted by atomic mass is 10.1. The smallest absolute Gasteiger partial charge is 0.308 e. The molecule has 0 N–H and O–H groups in total. The van der Waals surface area contributed by atoms with Crippen molar-refractivity contribution in [1.29, 1.82) is 0 Å². The molecule has 0 spiro atoms. The molecule has 0 aromatic heterocycles. The Morgan fingerprint density at radius 2 is 1.75 bits per heavy atom. The molecule has 0 rings (SSSR count). The number of carbonyl (C=O) groups excluding carboxylic acids is 1. The third kappa shape index (κ3) is 9.97. The van der Waals surface area contributed by atoms with Crippen LogP contribution in [0.15, 0.2) is 0 Å². The number of methoxy groups -OCH3 is 1. The Kier molecular flexibility index (Phi) is 10.5. The maximum Gasteiger partial charge on any atom is 0.308 e. The number of unbranched alkanes of at least 4 members (excludes halogenated alkanes) is 5. The molecular formula is C13H26O3. The minimum absolute atomic E-state index is 0.0249. The highest BCUT2D eigenvalue weighted by molar-refractivity contribution is 5.69. The lowest BCUT2D eigenvalue weighted by Crippen LogP contribution is -2.15. The highest BCUT2D eigenvalue weighted by Crippen LogP contribution is 2.06. The van der Waals surface area contributed by atoms with Gasteiger partial charge in [0.25, 0.3) is 0 Å². The Bertz CT molecular complexity index is 169. The fraction of sp³-hybridized carbons (Fsp3) is 0.923. The second kappa shape index (κ2) is 10.9. The fourth-order valence-electron chi connectivity index (χ4n) is 1.54. The second-order valence-electron chi connectivity index (χ2n) is 4.23. The zero-order chi connectivity index (χ0) is 12.2.